The number of urea groups is 1. The molecule has 156 valence electrons. The molecule has 1 aliphatic heterocycles. The van der Waals surface area contributed by atoms with Gasteiger partial charge in [-0.15, -0.1) is 0 Å². The molecule has 1 aliphatic carbocycles. The molecule has 0 radical (unpaired) electrons. The highest BCUT2D eigenvalue weighted by Gasteiger charge is 2.43. The van der Waals surface area contributed by atoms with Crippen LogP contribution in [-0.4, -0.2) is 34.7 Å². The minimum atomic E-state index is -4.98. The van der Waals surface area contributed by atoms with E-state index in [0.717, 1.165) is 19.3 Å². The number of carbonyl (C=O) groups excluding carboxylic acids is 1. The van der Waals surface area contributed by atoms with E-state index < -0.39 is 40.8 Å². The Morgan fingerprint density at radius 3 is 1.89 bits per heavy atom. The third-order valence-corrected chi connectivity index (χ3v) is 5.62. The summed E-state index contributed by atoms with van der Waals surface area (Å²) in [5.74, 6) is 0.190. The standard InChI is InChI=1S/C18H20F6N2O2/c19-17(20,21)12-8-13(18(22,23)24)10-14(9-12)25-15(27)26-6-4-16(28,5-7-26)11-2-1-3-11/h8-11,28H,1-7H2,(H,25,27). The van der Waals surface area contributed by atoms with Gasteiger partial charge in [-0.2, -0.15) is 26.3 Å². The minimum absolute atomic E-state index is 0.00921. The first-order valence-electron chi connectivity index (χ1n) is 8.96. The van der Waals surface area contributed by atoms with E-state index in [0.29, 0.717) is 25.0 Å². The molecule has 1 aromatic carbocycles. The first-order chi connectivity index (χ1) is 12.9. The molecule has 1 saturated carbocycles. The number of aliphatic hydroxyl groups is 1. The number of amides is 2. The summed E-state index contributed by atoms with van der Waals surface area (Å²) in [5, 5.41) is 12.8. The van der Waals surface area contributed by atoms with Gasteiger partial charge >= 0.3 is 18.4 Å². The SMILES string of the molecule is O=C(Nc1cc(C(F)(F)F)cc(C(F)(F)F)c1)N1CCC(O)(C2CCC2)CC1. The molecule has 28 heavy (non-hydrogen) atoms. The van der Waals surface area contributed by atoms with Crippen LogP contribution in [0.2, 0.25) is 0 Å². The molecular formula is C18H20F6N2O2. The molecule has 2 amide bonds. The van der Waals surface area contributed by atoms with E-state index in [1.807, 2.05) is 0 Å². The van der Waals surface area contributed by atoms with Crippen molar-refractivity contribution >= 4 is 11.7 Å². The number of benzene rings is 1. The summed E-state index contributed by atoms with van der Waals surface area (Å²) in [4.78, 5) is 13.6. The van der Waals surface area contributed by atoms with Gasteiger partial charge in [0, 0.05) is 18.8 Å². The average Bonchev–Trinajstić information content (AvgIpc) is 2.51. The minimum Gasteiger partial charge on any atom is -0.389 e. The number of halogens is 6. The van der Waals surface area contributed by atoms with Gasteiger partial charge in [-0.05, 0) is 49.8 Å². The Hall–Kier alpha value is -1.97. The lowest BCUT2D eigenvalue weighted by molar-refractivity contribution is -0.143. The molecule has 0 aromatic heterocycles. The molecule has 10 heteroatoms. The number of hydrogen-bond donors (Lipinski definition) is 2. The summed E-state index contributed by atoms with van der Waals surface area (Å²) in [6.45, 7) is 0.369. The highest BCUT2D eigenvalue weighted by Crippen LogP contribution is 2.42. The van der Waals surface area contributed by atoms with Gasteiger partial charge in [0.25, 0.3) is 0 Å². The molecule has 1 heterocycles. The van der Waals surface area contributed by atoms with Gasteiger partial charge in [0.05, 0.1) is 16.7 Å². The summed E-state index contributed by atoms with van der Waals surface area (Å²) in [7, 11) is 0. The third kappa shape index (κ3) is 4.37. The van der Waals surface area contributed by atoms with Crippen LogP contribution in [0.1, 0.15) is 43.2 Å². The van der Waals surface area contributed by atoms with Crippen LogP contribution >= 0.6 is 0 Å². The van der Waals surface area contributed by atoms with Crippen LogP contribution in [0, 0.1) is 5.92 Å². The summed E-state index contributed by atoms with van der Waals surface area (Å²) >= 11 is 0. The molecule has 2 fully saturated rings. The fourth-order valence-corrected chi connectivity index (χ4v) is 3.68. The van der Waals surface area contributed by atoms with Gasteiger partial charge in [-0.3, -0.25) is 0 Å². The molecule has 2 N–H and O–H groups in total. The van der Waals surface area contributed by atoms with Crippen LogP contribution in [0.3, 0.4) is 0 Å². The fraction of sp³-hybridized carbons (Fsp3) is 0.611. The van der Waals surface area contributed by atoms with Crippen molar-refractivity contribution in [1.82, 2.24) is 4.90 Å². The van der Waals surface area contributed by atoms with E-state index in [-0.39, 0.29) is 25.1 Å². The number of nitrogens with one attached hydrogen (secondary N) is 1. The third-order valence-electron chi connectivity index (χ3n) is 5.62. The molecule has 1 saturated heterocycles. The second-order valence-electron chi connectivity index (χ2n) is 7.44. The normalized spacial score (nSPS) is 20.6. The highest BCUT2D eigenvalue weighted by atomic mass is 19.4. The molecule has 1 aromatic rings. The summed E-state index contributed by atoms with van der Waals surface area (Å²) in [6, 6.07) is 0.168. The van der Waals surface area contributed by atoms with Crippen LogP contribution < -0.4 is 5.32 Å². The smallest absolute Gasteiger partial charge is 0.389 e. The van der Waals surface area contributed by atoms with Crippen molar-refractivity contribution in [3.05, 3.63) is 29.3 Å². The predicted molar refractivity (Wildman–Crippen MR) is 88.6 cm³/mol. The van der Waals surface area contributed by atoms with Crippen LogP contribution in [-0.2, 0) is 12.4 Å². The number of likely N-dealkylation sites (tertiary alicyclic amines) is 1. The zero-order chi connectivity index (χ0) is 20.7. The number of carbonyl (C=O) groups is 1. The van der Waals surface area contributed by atoms with Crippen LogP contribution in [0.4, 0.5) is 36.8 Å². The Morgan fingerprint density at radius 2 is 1.50 bits per heavy atom. The molecule has 0 bridgehead atoms. The topological polar surface area (TPSA) is 52.6 Å². The van der Waals surface area contributed by atoms with Gasteiger partial charge in [0.1, 0.15) is 0 Å². The molecule has 0 unspecified atom stereocenters. The first-order valence-corrected chi connectivity index (χ1v) is 8.96. The Labute approximate surface area is 157 Å². The van der Waals surface area contributed by atoms with Gasteiger partial charge in [-0.1, -0.05) is 6.42 Å². The number of alkyl halides is 6. The molecular weight excluding hydrogens is 390 g/mol. The quantitative estimate of drug-likeness (QED) is 0.683. The van der Waals surface area contributed by atoms with Crippen molar-refractivity contribution in [2.45, 2.75) is 50.1 Å². The lowest BCUT2D eigenvalue weighted by atomic mass is 9.69. The number of rotatable bonds is 2. The van der Waals surface area contributed by atoms with E-state index in [2.05, 4.69) is 5.32 Å². The van der Waals surface area contributed by atoms with Gasteiger partial charge in [-0.25, -0.2) is 4.79 Å². The van der Waals surface area contributed by atoms with Gasteiger partial charge in [0.15, 0.2) is 0 Å². The van der Waals surface area contributed by atoms with Crippen molar-refractivity contribution < 1.29 is 36.2 Å². The number of nitrogens with zero attached hydrogens (tertiary/aromatic N) is 1. The van der Waals surface area contributed by atoms with E-state index in [1.165, 1.54) is 4.90 Å². The monoisotopic (exact) mass is 410 g/mol. The maximum absolute atomic E-state index is 12.9. The second-order valence-corrected chi connectivity index (χ2v) is 7.44. The summed E-state index contributed by atoms with van der Waals surface area (Å²) < 4.78 is 77.5. The summed E-state index contributed by atoms with van der Waals surface area (Å²) in [5.41, 5.74) is -4.41. The fourth-order valence-electron chi connectivity index (χ4n) is 3.68. The number of piperidine rings is 1. The molecule has 0 spiro atoms. The lowest BCUT2D eigenvalue weighted by Crippen LogP contribution is -2.52. The summed E-state index contributed by atoms with van der Waals surface area (Å²) in [6.07, 6.45) is -6.40. The van der Waals surface area contributed by atoms with E-state index in [4.69, 9.17) is 0 Å². The molecule has 2 aliphatic rings. The molecule has 0 atom stereocenters. The van der Waals surface area contributed by atoms with Crippen molar-refractivity contribution in [1.29, 1.82) is 0 Å². The van der Waals surface area contributed by atoms with Crippen molar-refractivity contribution in [3.63, 3.8) is 0 Å². The van der Waals surface area contributed by atoms with Gasteiger partial charge in [0.2, 0.25) is 0 Å². The van der Waals surface area contributed by atoms with E-state index in [1.54, 1.807) is 0 Å². The Balaban J connectivity index is 1.71. The van der Waals surface area contributed by atoms with Gasteiger partial charge < -0.3 is 15.3 Å². The Bertz CT molecular complexity index is 702. The second kappa shape index (κ2) is 7.13. The van der Waals surface area contributed by atoms with Crippen LogP contribution in [0.5, 0.6) is 0 Å². The van der Waals surface area contributed by atoms with E-state index >= 15 is 0 Å². The Kier molecular flexibility index (Phi) is 5.28. The van der Waals surface area contributed by atoms with Crippen LogP contribution in [0.25, 0.3) is 0 Å². The first kappa shape index (κ1) is 20.8. The predicted octanol–water partition coefficient (Wildman–Crippen LogP) is 4.88. The largest absolute Gasteiger partial charge is 0.416 e. The lowest BCUT2D eigenvalue weighted by Gasteiger charge is -2.46. The van der Waals surface area contributed by atoms with Crippen molar-refractivity contribution in [2.24, 2.45) is 5.92 Å². The number of anilines is 1. The van der Waals surface area contributed by atoms with Crippen molar-refractivity contribution in [2.75, 3.05) is 18.4 Å². The maximum Gasteiger partial charge on any atom is 0.416 e. The number of hydrogen-bond acceptors (Lipinski definition) is 2. The van der Waals surface area contributed by atoms with Crippen LogP contribution in [0.15, 0.2) is 18.2 Å². The average molecular weight is 410 g/mol. The van der Waals surface area contributed by atoms with Crippen molar-refractivity contribution in [3.8, 4) is 0 Å². The highest BCUT2D eigenvalue weighted by molar-refractivity contribution is 5.89. The Morgan fingerprint density at radius 1 is 1.00 bits per heavy atom. The molecule has 3 rings (SSSR count). The maximum atomic E-state index is 12.9. The molecule has 4 nitrogen and oxygen atoms in total. The zero-order valence-electron chi connectivity index (χ0n) is 14.8. The zero-order valence-corrected chi connectivity index (χ0v) is 14.8. The van der Waals surface area contributed by atoms with E-state index in [9.17, 15) is 36.2 Å².